The Balaban J connectivity index is 2.26. The summed E-state index contributed by atoms with van der Waals surface area (Å²) in [4.78, 5) is 9.42. The lowest BCUT2D eigenvalue weighted by Crippen LogP contribution is -2.33. The SMILES string of the molecule is CC/C=C\C/C=C\CCCN1CCN(C)C1=NC(C)C. The number of guanidine groups is 1. The van der Waals surface area contributed by atoms with E-state index in [-0.39, 0.29) is 0 Å². The van der Waals surface area contributed by atoms with Crippen molar-refractivity contribution in [3.63, 3.8) is 0 Å². The first kappa shape index (κ1) is 16.8. The molecule has 0 aromatic rings. The Kier molecular flexibility index (Phi) is 8.08. The highest BCUT2D eigenvalue weighted by Gasteiger charge is 2.22. The Labute approximate surface area is 125 Å². The van der Waals surface area contributed by atoms with Gasteiger partial charge in [-0.1, -0.05) is 31.2 Å². The molecule has 1 heterocycles. The van der Waals surface area contributed by atoms with Crippen molar-refractivity contribution in [2.45, 2.75) is 52.5 Å². The molecule has 3 heteroatoms. The average Bonchev–Trinajstić information content (AvgIpc) is 2.74. The van der Waals surface area contributed by atoms with E-state index in [0.29, 0.717) is 6.04 Å². The second-order valence-corrected chi connectivity index (χ2v) is 5.66. The normalized spacial score (nSPS) is 18.6. The largest absolute Gasteiger partial charge is 0.344 e. The zero-order chi connectivity index (χ0) is 14.8. The molecular weight excluding hydrogens is 246 g/mol. The third-order valence-electron chi connectivity index (χ3n) is 3.34. The van der Waals surface area contributed by atoms with Gasteiger partial charge in [-0.05, 0) is 39.5 Å². The van der Waals surface area contributed by atoms with Gasteiger partial charge in [0.25, 0.3) is 0 Å². The maximum atomic E-state index is 4.73. The second kappa shape index (κ2) is 9.62. The third kappa shape index (κ3) is 6.27. The minimum absolute atomic E-state index is 0.373. The first-order valence-corrected chi connectivity index (χ1v) is 7.99. The van der Waals surface area contributed by atoms with Crippen LogP contribution in [0.4, 0.5) is 0 Å². The van der Waals surface area contributed by atoms with Crippen LogP contribution < -0.4 is 0 Å². The maximum Gasteiger partial charge on any atom is 0.196 e. The lowest BCUT2D eigenvalue weighted by Gasteiger charge is -2.21. The first-order chi connectivity index (χ1) is 9.65. The van der Waals surface area contributed by atoms with Gasteiger partial charge in [0.1, 0.15) is 0 Å². The highest BCUT2D eigenvalue weighted by atomic mass is 15.4. The van der Waals surface area contributed by atoms with Crippen LogP contribution in [-0.4, -0.2) is 48.5 Å². The van der Waals surface area contributed by atoms with Crippen molar-refractivity contribution in [3.05, 3.63) is 24.3 Å². The summed E-state index contributed by atoms with van der Waals surface area (Å²) in [7, 11) is 2.14. The quantitative estimate of drug-likeness (QED) is 0.498. The summed E-state index contributed by atoms with van der Waals surface area (Å²) >= 11 is 0. The molecule has 0 atom stereocenters. The molecule has 3 nitrogen and oxygen atoms in total. The van der Waals surface area contributed by atoms with Crippen molar-refractivity contribution in [3.8, 4) is 0 Å². The molecule has 1 fully saturated rings. The number of rotatable bonds is 8. The van der Waals surface area contributed by atoms with Gasteiger partial charge in [-0.15, -0.1) is 0 Å². The van der Waals surface area contributed by atoms with Crippen LogP contribution in [0.2, 0.25) is 0 Å². The second-order valence-electron chi connectivity index (χ2n) is 5.66. The molecule has 20 heavy (non-hydrogen) atoms. The van der Waals surface area contributed by atoms with Crippen LogP contribution >= 0.6 is 0 Å². The van der Waals surface area contributed by atoms with Gasteiger partial charge in [0.05, 0.1) is 0 Å². The van der Waals surface area contributed by atoms with Crippen molar-refractivity contribution in [1.82, 2.24) is 9.80 Å². The first-order valence-electron chi connectivity index (χ1n) is 7.99. The van der Waals surface area contributed by atoms with E-state index in [1.54, 1.807) is 0 Å². The Morgan fingerprint density at radius 3 is 2.60 bits per heavy atom. The molecule has 0 unspecified atom stereocenters. The van der Waals surface area contributed by atoms with E-state index >= 15 is 0 Å². The van der Waals surface area contributed by atoms with Gasteiger partial charge in [-0.3, -0.25) is 4.99 Å². The minimum atomic E-state index is 0.373. The van der Waals surface area contributed by atoms with Crippen LogP contribution in [0.25, 0.3) is 0 Å². The number of aliphatic imine (C=N–C) groups is 1. The van der Waals surface area contributed by atoms with Crippen molar-refractivity contribution in [2.24, 2.45) is 4.99 Å². The van der Waals surface area contributed by atoms with Gasteiger partial charge in [-0.25, -0.2) is 0 Å². The number of hydrogen-bond donors (Lipinski definition) is 0. The predicted molar refractivity (Wildman–Crippen MR) is 89.2 cm³/mol. The molecule has 0 saturated carbocycles. The highest BCUT2D eigenvalue weighted by molar-refractivity contribution is 5.81. The van der Waals surface area contributed by atoms with E-state index in [4.69, 9.17) is 4.99 Å². The third-order valence-corrected chi connectivity index (χ3v) is 3.34. The fourth-order valence-corrected chi connectivity index (χ4v) is 2.29. The summed E-state index contributed by atoms with van der Waals surface area (Å²) in [6.07, 6.45) is 13.6. The molecule has 0 aromatic heterocycles. The molecule has 1 aliphatic heterocycles. The highest BCUT2D eigenvalue weighted by Crippen LogP contribution is 2.10. The molecule has 1 aliphatic rings. The van der Waals surface area contributed by atoms with Gasteiger partial charge in [0.2, 0.25) is 0 Å². The Morgan fingerprint density at radius 2 is 1.90 bits per heavy atom. The standard InChI is InChI=1S/C17H31N3/c1-5-6-7-8-9-10-11-12-13-20-15-14-19(4)17(20)18-16(2)3/h6-7,9-10,16H,5,8,11-15H2,1-4H3/b7-6-,10-9-,18-17?. The van der Waals surface area contributed by atoms with E-state index in [1.165, 1.54) is 12.4 Å². The van der Waals surface area contributed by atoms with Crippen LogP contribution in [0.3, 0.4) is 0 Å². The van der Waals surface area contributed by atoms with E-state index in [2.05, 4.69) is 61.9 Å². The lowest BCUT2D eigenvalue weighted by molar-refractivity contribution is 0.449. The molecule has 0 amide bonds. The zero-order valence-electron chi connectivity index (χ0n) is 13.7. The molecule has 0 aliphatic carbocycles. The van der Waals surface area contributed by atoms with Crippen LogP contribution in [-0.2, 0) is 0 Å². The topological polar surface area (TPSA) is 18.8 Å². The van der Waals surface area contributed by atoms with Crippen molar-refractivity contribution in [2.75, 3.05) is 26.7 Å². The summed E-state index contributed by atoms with van der Waals surface area (Å²) in [5, 5.41) is 0. The molecule has 1 rings (SSSR count). The van der Waals surface area contributed by atoms with Gasteiger partial charge in [0, 0.05) is 32.7 Å². The molecule has 0 aromatic carbocycles. The van der Waals surface area contributed by atoms with E-state index in [0.717, 1.165) is 38.9 Å². The van der Waals surface area contributed by atoms with Crippen molar-refractivity contribution < 1.29 is 0 Å². The predicted octanol–water partition coefficient (Wildman–Crippen LogP) is 3.69. The molecule has 0 N–H and O–H groups in total. The van der Waals surface area contributed by atoms with Crippen LogP contribution in [0, 0.1) is 0 Å². The van der Waals surface area contributed by atoms with Crippen LogP contribution in [0.5, 0.6) is 0 Å². The van der Waals surface area contributed by atoms with Gasteiger partial charge < -0.3 is 9.80 Å². The van der Waals surface area contributed by atoms with Crippen molar-refractivity contribution >= 4 is 5.96 Å². The van der Waals surface area contributed by atoms with E-state index in [1.807, 2.05) is 0 Å². The molecule has 0 bridgehead atoms. The number of unbranched alkanes of at least 4 members (excludes halogenated alkanes) is 1. The maximum absolute atomic E-state index is 4.73. The Hall–Kier alpha value is -1.25. The fraction of sp³-hybridized carbons (Fsp3) is 0.706. The van der Waals surface area contributed by atoms with E-state index < -0.39 is 0 Å². The average molecular weight is 277 g/mol. The smallest absolute Gasteiger partial charge is 0.196 e. The summed E-state index contributed by atoms with van der Waals surface area (Å²) < 4.78 is 0. The Bertz CT molecular complexity index is 342. The summed E-state index contributed by atoms with van der Waals surface area (Å²) in [5.41, 5.74) is 0. The minimum Gasteiger partial charge on any atom is -0.344 e. The van der Waals surface area contributed by atoms with Gasteiger partial charge in [-0.2, -0.15) is 0 Å². The van der Waals surface area contributed by atoms with Crippen LogP contribution in [0.1, 0.15) is 46.5 Å². The molecule has 1 saturated heterocycles. The number of nitrogens with zero attached hydrogens (tertiary/aromatic N) is 3. The van der Waals surface area contributed by atoms with Gasteiger partial charge >= 0.3 is 0 Å². The fourth-order valence-electron chi connectivity index (χ4n) is 2.29. The molecule has 114 valence electrons. The molecule has 0 spiro atoms. The van der Waals surface area contributed by atoms with Crippen LogP contribution in [0.15, 0.2) is 29.3 Å². The summed E-state index contributed by atoms with van der Waals surface area (Å²) in [6, 6.07) is 0.373. The molecular formula is C17H31N3. The summed E-state index contributed by atoms with van der Waals surface area (Å²) in [6.45, 7) is 9.79. The summed E-state index contributed by atoms with van der Waals surface area (Å²) in [5.74, 6) is 1.18. The lowest BCUT2D eigenvalue weighted by atomic mass is 10.2. The Morgan fingerprint density at radius 1 is 1.15 bits per heavy atom. The van der Waals surface area contributed by atoms with Gasteiger partial charge in [0.15, 0.2) is 5.96 Å². The zero-order valence-corrected chi connectivity index (χ0v) is 13.7. The van der Waals surface area contributed by atoms with Crippen molar-refractivity contribution in [1.29, 1.82) is 0 Å². The molecule has 0 radical (unpaired) electrons. The monoisotopic (exact) mass is 277 g/mol. The number of likely N-dealkylation sites (N-methyl/N-ethyl adjacent to an activating group) is 1. The number of allylic oxidation sites excluding steroid dienone is 4. The number of hydrogen-bond acceptors (Lipinski definition) is 1. The van der Waals surface area contributed by atoms with E-state index in [9.17, 15) is 0 Å².